The molecule has 34 heavy (non-hydrogen) atoms. The van der Waals surface area contributed by atoms with Crippen molar-refractivity contribution in [3.63, 3.8) is 0 Å². The van der Waals surface area contributed by atoms with Gasteiger partial charge in [-0.15, -0.1) is 0 Å². The van der Waals surface area contributed by atoms with E-state index in [9.17, 15) is 4.79 Å². The smallest absolute Gasteiger partial charge is 0.274 e. The average molecular weight is 456 g/mol. The predicted octanol–water partition coefficient (Wildman–Crippen LogP) is 3.99. The maximum Gasteiger partial charge on any atom is 0.274 e. The number of aliphatic hydroxyl groups is 1. The third-order valence-electron chi connectivity index (χ3n) is 5.67. The fourth-order valence-corrected chi connectivity index (χ4v) is 3.79. The lowest BCUT2D eigenvalue weighted by molar-refractivity contribution is 0.102. The summed E-state index contributed by atoms with van der Waals surface area (Å²) in [7, 11) is 0. The van der Waals surface area contributed by atoms with Gasteiger partial charge in [0.1, 0.15) is 17.1 Å². The Balaban J connectivity index is 1.36. The van der Waals surface area contributed by atoms with Gasteiger partial charge in [-0.05, 0) is 23.8 Å². The Hall–Kier alpha value is -4.17. The minimum Gasteiger partial charge on any atom is -0.493 e. The number of fused-ring (bicyclic) bond motifs is 2. The number of rotatable bonds is 8. The van der Waals surface area contributed by atoms with Gasteiger partial charge in [-0.1, -0.05) is 43.3 Å². The zero-order valence-corrected chi connectivity index (χ0v) is 18.8. The zero-order valence-electron chi connectivity index (χ0n) is 18.8. The molecular weight excluding hydrogens is 430 g/mol. The largest absolute Gasteiger partial charge is 0.493 e. The fraction of sp³-hybridized carbons (Fsp3) is 0.192. The summed E-state index contributed by atoms with van der Waals surface area (Å²) in [6, 6.07) is 19.5. The van der Waals surface area contributed by atoms with E-state index in [-0.39, 0.29) is 18.4 Å². The highest BCUT2D eigenvalue weighted by molar-refractivity contribution is 6.08. The second-order valence-electron chi connectivity index (χ2n) is 8.31. The Kier molecular flexibility index (Phi) is 5.97. The molecule has 0 aliphatic rings. The molecule has 3 heterocycles. The molecule has 1 atom stereocenters. The lowest BCUT2D eigenvalue weighted by Crippen LogP contribution is -2.14. The van der Waals surface area contributed by atoms with E-state index in [0.29, 0.717) is 35.9 Å². The number of benzene rings is 2. The molecule has 0 aliphatic carbocycles. The first-order valence-electron chi connectivity index (χ1n) is 11.1. The summed E-state index contributed by atoms with van der Waals surface area (Å²) in [6.07, 6.45) is 5.08. The summed E-state index contributed by atoms with van der Waals surface area (Å²) < 4.78 is 9.35. The van der Waals surface area contributed by atoms with Crippen LogP contribution in [0.3, 0.4) is 0 Å². The van der Waals surface area contributed by atoms with Crippen molar-refractivity contribution in [1.82, 2.24) is 19.2 Å². The van der Waals surface area contributed by atoms with Crippen molar-refractivity contribution in [2.24, 2.45) is 5.92 Å². The molecule has 3 aromatic heterocycles. The monoisotopic (exact) mass is 455 g/mol. The van der Waals surface area contributed by atoms with Crippen LogP contribution in [0.4, 0.5) is 5.69 Å². The topological polar surface area (TPSA) is 93.7 Å². The predicted molar refractivity (Wildman–Crippen MR) is 130 cm³/mol. The van der Waals surface area contributed by atoms with Gasteiger partial charge in [0.05, 0.1) is 36.7 Å². The standard InChI is InChI=1S/C26H25N5O3/c1-18(16-32)17-34-20-10-11-30-24(14-27-25(30)12-20)26(33)29-22-8-5-9-23-21(22)13-28-31(23)15-19-6-3-2-4-7-19/h2-14,18,32H,15-17H2,1H3,(H,29,33). The number of aliphatic hydroxyl groups excluding tert-OH is 1. The molecule has 0 fully saturated rings. The normalized spacial score (nSPS) is 12.2. The number of pyridine rings is 1. The van der Waals surface area contributed by atoms with E-state index >= 15 is 0 Å². The van der Waals surface area contributed by atoms with Crippen LogP contribution in [0, 0.1) is 5.92 Å². The summed E-state index contributed by atoms with van der Waals surface area (Å²) in [6.45, 7) is 3.02. The highest BCUT2D eigenvalue weighted by Crippen LogP contribution is 2.25. The number of hydrogen-bond acceptors (Lipinski definition) is 5. The van der Waals surface area contributed by atoms with Crippen LogP contribution < -0.4 is 10.1 Å². The molecule has 0 saturated heterocycles. The maximum absolute atomic E-state index is 13.1. The number of ether oxygens (including phenoxy) is 1. The molecule has 0 spiro atoms. The first-order valence-corrected chi connectivity index (χ1v) is 11.1. The van der Waals surface area contributed by atoms with Crippen LogP contribution in [-0.4, -0.2) is 43.4 Å². The minimum atomic E-state index is -0.265. The van der Waals surface area contributed by atoms with Gasteiger partial charge in [0, 0.05) is 30.2 Å². The quantitative estimate of drug-likeness (QED) is 0.369. The summed E-state index contributed by atoms with van der Waals surface area (Å²) in [5, 5.41) is 17.6. The number of nitrogens with one attached hydrogen (secondary N) is 1. The van der Waals surface area contributed by atoms with Crippen LogP contribution in [-0.2, 0) is 6.54 Å². The van der Waals surface area contributed by atoms with E-state index in [1.165, 1.54) is 0 Å². The number of imidazole rings is 1. The second kappa shape index (κ2) is 9.36. The molecular formula is C26H25N5O3. The first-order chi connectivity index (χ1) is 16.6. The first kappa shape index (κ1) is 21.7. The molecule has 0 aliphatic heterocycles. The van der Waals surface area contributed by atoms with Gasteiger partial charge in [-0.25, -0.2) is 4.98 Å². The van der Waals surface area contributed by atoms with E-state index in [2.05, 4.69) is 27.5 Å². The van der Waals surface area contributed by atoms with Gasteiger partial charge in [-0.2, -0.15) is 5.10 Å². The van der Waals surface area contributed by atoms with Crippen molar-refractivity contribution >= 4 is 28.1 Å². The van der Waals surface area contributed by atoms with Crippen molar-refractivity contribution in [2.45, 2.75) is 13.5 Å². The molecule has 1 amide bonds. The Bertz CT molecular complexity index is 1440. The number of carbonyl (C=O) groups is 1. The number of aromatic nitrogens is 4. The molecule has 0 bridgehead atoms. The lowest BCUT2D eigenvalue weighted by Gasteiger charge is -2.11. The average Bonchev–Trinajstić information content (AvgIpc) is 3.48. The molecule has 5 aromatic rings. The maximum atomic E-state index is 13.1. The van der Waals surface area contributed by atoms with Crippen LogP contribution >= 0.6 is 0 Å². The molecule has 0 saturated carbocycles. The number of carbonyl (C=O) groups excluding carboxylic acids is 1. The fourth-order valence-electron chi connectivity index (χ4n) is 3.79. The highest BCUT2D eigenvalue weighted by Gasteiger charge is 2.16. The number of amides is 1. The van der Waals surface area contributed by atoms with Crippen LogP contribution in [0.2, 0.25) is 0 Å². The number of hydrogen-bond donors (Lipinski definition) is 2. The van der Waals surface area contributed by atoms with Gasteiger partial charge < -0.3 is 15.2 Å². The second-order valence-corrected chi connectivity index (χ2v) is 8.31. The van der Waals surface area contributed by atoms with Crippen molar-refractivity contribution < 1.29 is 14.6 Å². The third-order valence-corrected chi connectivity index (χ3v) is 5.67. The van der Waals surface area contributed by atoms with Crippen molar-refractivity contribution in [3.05, 3.63) is 90.5 Å². The molecule has 2 N–H and O–H groups in total. The van der Waals surface area contributed by atoms with Gasteiger partial charge in [-0.3, -0.25) is 13.9 Å². The SMILES string of the molecule is CC(CO)COc1ccn2c(C(=O)Nc3cccc4c3cnn4Cc3ccccc3)cnc2c1. The molecule has 5 rings (SSSR count). The molecule has 172 valence electrons. The van der Waals surface area contributed by atoms with E-state index in [0.717, 1.165) is 16.5 Å². The van der Waals surface area contributed by atoms with E-state index in [1.807, 2.05) is 48.0 Å². The van der Waals surface area contributed by atoms with Gasteiger partial charge >= 0.3 is 0 Å². The van der Waals surface area contributed by atoms with E-state index < -0.39 is 0 Å². The molecule has 8 heteroatoms. The van der Waals surface area contributed by atoms with Gasteiger partial charge in [0.15, 0.2) is 0 Å². The summed E-state index contributed by atoms with van der Waals surface area (Å²) >= 11 is 0. The number of nitrogens with zero attached hydrogens (tertiary/aromatic N) is 4. The van der Waals surface area contributed by atoms with Gasteiger partial charge in [0.25, 0.3) is 5.91 Å². The summed E-state index contributed by atoms with van der Waals surface area (Å²) in [5.74, 6) is 0.413. The molecule has 2 aromatic carbocycles. The van der Waals surface area contributed by atoms with Crippen LogP contribution in [0.1, 0.15) is 23.0 Å². The van der Waals surface area contributed by atoms with E-state index in [1.54, 1.807) is 35.1 Å². The summed E-state index contributed by atoms with van der Waals surface area (Å²) in [5.41, 5.74) is 3.81. The Morgan fingerprint density at radius 3 is 2.79 bits per heavy atom. The van der Waals surface area contributed by atoms with E-state index in [4.69, 9.17) is 9.84 Å². The Labute approximate surface area is 196 Å². The zero-order chi connectivity index (χ0) is 23.5. The summed E-state index contributed by atoms with van der Waals surface area (Å²) in [4.78, 5) is 17.5. The molecule has 1 unspecified atom stereocenters. The number of anilines is 1. The Morgan fingerprint density at radius 1 is 1.12 bits per heavy atom. The molecule has 0 radical (unpaired) electrons. The van der Waals surface area contributed by atoms with Gasteiger partial charge in [0.2, 0.25) is 0 Å². The third kappa shape index (κ3) is 4.35. The van der Waals surface area contributed by atoms with Crippen LogP contribution in [0.15, 0.2) is 79.3 Å². The molecule has 8 nitrogen and oxygen atoms in total. The van der Waals surface area contributed by atoms with Crippen molar-refractivity contribution in [1.29, 1.82) is 0 Å². The Morgan fingerprint density at radius 2 is 1.97 bits per heavy atom. The van der Waals surface area contributed by atoms with Crippen LogP contribution in [0.25, 0.3) is 16.6 Å². The van der Waals surface area contributed by atoms with Crippen LogP contribution in [0.5, 0.6) is 5.75 Å². The van der Waals surface area contributed by atoms with Crippen molar-refractivity contribution in [2.75, 3.05) is 18.5 Å². The van der Waals surface area contributed by atoms with Crippen molar-refractivity contribution in [3.8, 4) is 5.75 Å². The highest BCUT2D eigenvalue weighted by atomic mass is 16.5. The minimum absolute atomic E-state index is 0.0390. The lowest BCUT2D eigenvalue weighted by atomic mass is 10.2.